The summed E-state index contributed by atoms with van der Waals surface area (Å²) in [6.45, 7) is 10.7. The summed E-state index contributed by atoms with van der Waals surface area (Å²) >= 11 is 10.8. The van der Waals surface area contributed by atoms with Crippen LogP contribution in [0.4, 0.5) is 34.1 Å². The fourth-order valence-corrected chi connectivity index (χ4v) is 17.8. The fraction of sp³-hybridized carbons (Fsp3) is 0.400. The van der Waals surface area contributed by atoms with E-state index in [1.54, 1.807) is 129 Å². The van der Waals surface area contributed by atoms with Crippen LogP contribution in [0.5, 0.6) is 17.2 Å². The van der Waals surface area contributed by atoms with Crippen LogP contribution in [0.2, 0.25) is 0 Å². The maximum Gasteiger partial charge on any atom is 0.481 e. The predicted molar refractivity (Wildman–Crippen MR) is 344 cm³/mol. The first-order valence-electron chi connectivity index (χ1n) is 28.7. The van der Waals surface area contributed by atoms with Crippen LogP contribution in [0.25, 0.3) is 0 Å². The molecule has 0 atom stereocenters. The number of hydrogen-bond donors (Lipinski definition) is 6. The first kappa shape index (κ1) is 65.8. The molecule has 0 aromatic heterocycles. The van der Waals surface area contributed by atoms with Crippen LogP contribution in [0.3, 0.4) is 0 Å². The standard InChI is InChI=1S/C60H72Br3N6O13PS3/c1-7-58(8-2,67(52-37-40(61)13-34-55(52)70)46-22-28-49(29-23-46)84(74,75)64-43-16-17-43)80-83(73,81-59(9-3,10-4)68(53-38-41(62)14-35-56(53)71)47-24-30-50(31-25-47)85(76,77)65-44-18-19-44)82-60(11-5,12-6)69(54-39-42(63)15-36-57(54)72)48-26-32-51(33-27-48)86(78,79)66-45-20-21-45/h13-15,22-39,43-45,64-66,70-72H,7-12,16-21H2,1-6H3. The zero-order valence-corrected chi connectivity index (χ0v) is 56.5. The summed E-state index contributed by atoms with van der Waals surface area (Å²) in [6.07, 6.45) is 4.17. The summed E-state index contributed by atoms with van der Waals surface area (Å²) in [5.74, 6) is -0.700. The maximum atomic E-state index is 17.8. The van der Waals surface area contributed by atoms with Crippen LogP contribution in [0.1, 0.15) is 119 Å². The van der Waals surface area contributed by atoms with Gasteiger partial charge in [-0.25, -0.2) is 44.0 Å². The molecule has 19 nitrogen and oxygen atoms in total. The number of hydrogen-bond acceptors (Lipinski definition) is 16. The quantitative estimate of drug-likeness (QED) is 0.0181. The molecule has 6 aromatic rings. The van der Waals surface area contributed by atoms with Gasteiger partial charge in [0.25, 0.3) is 0 Å². The summed E-state index contributed by atoms with van der Waals surface area (Å²) < 4.78 is 132. The zero-order valence-electron chi connectivity index (χ0n) is 48.4. The van der Waals surface area contributed by atoms with Gasteiger partial charge in [0, 0.05) is 48.6 Å². The van der Waals surface area contributed by atoms with Crippen molar-refractivity contribution in [2.45, 2.75) is 169 Å². The van der Waals surface area contributed by atoms with Crippen molar-refractivity contribution in [3.63, 3.8) is 0 Å². The molecule has 3 fully saturated rings. The number of anilines is 6. The number of rotatable bonds is 30. The van der Waals surface area contributed by atoms with Gasteiger partial charge in [-0.2, -0.15) is 0 Å². The molecule has 0 bridgehead atoms. The summed E-state index contributed by atoms with van der Waals surface area (Å²) in [5.41, 5.74) is -4.28. The number of phosphoric acid groups is 1. The molecule has 3 saturated carbocycles. The lowest BCUT2D eigenvalue weighted by atomic mass is 10.0. The molecule has 0 radical (unpaired) electrons. The van der Waals surface area contributed by atoms with E-state index in [-0.39, 0.29) is 106 Å². The Balaban J connectivity index is 1.29. The number of phosphoric ester groups is 1. The van der Waals surface area contributed by atoms with E-state index < -0.39 is 55.1 Å². The Labute approximate surface area is 530 Å². The SMILES string of the molecule is CCC(CC)(OP(=O)(OC(CC)(CC)N(c1ccc(S(=O)(=O)NC2CC2)cc1)c1cc(Br)ccc1O)OC(CC)(CC)N(c1ccc(S(=O)(=O)NC2CC2)cc1)c1cc(Br)ccc1O)N(c1ccc(S(=O)(=O)NC2CC2)cc1)c1cc(Br)ccc1O. The number of benzene rings is 6. The van der Waals surface area contributed by atoms with Crippen LogP contribution in [0.15, 0.2) is 155 Å². The van der Waals surface area contributed by atoms with Crippen molar-refractivity contribution in [1.29, 1.82) is 0 Å². The molecule has 0 unspecified atom stereocenters. The molecule has 3 aliphatic rings. The van der Waals surface area contributed by atoms with Crippen molar-refractivity contribution in [3.8, 4) is 17.2 Å². The van der Waals surface area contributed by atoms with Crippen molar-refractivity contribution in [2.24, 2.45) is 0 Å². The molecule has 6 N–H and O–H groups in total. The highest BCUT2D eigenvalue weighted by Gasteiger charge is 2.55. The molecule has 6 aromatic carbocycles. The number of phenolic OH excluding ortho intramolecular Hbond substituents is 3. The van der Waals surface area contributed by atoms with Crippen molar-refractivity contribution >= 4 is 120 Å². The van der Waals surface area contributed by atoms with E-state index in [1.165, 1.54) is 54.6 Å². The van der Waals surface area contributed by atoms with Gasteiger partial charge >= 0.3 is 7.82 Å². The lowest BCUT2D eigenvalue weighted by Gasteiger charge is -2.51. The van der Waals surface area contributed by atoms with Gasteiger partial charge in [-0.15, -0.1) is 0 Å². The molecule has 86 heavy (non-hydrogen) atoms. The lowest BCUT2D eigenvalue weighted by Crippen LogP contribution is -2.53. The van der Waals surface area contributed by atoms with Gasteiger partial charge in [0.1, 0.15) is 17.2 Å². The monoisotopic (exact) mass is 1450 g/mol. The minimum Gasteiger partial charge on any atom is -0.506 e. The number of aromatic hydroxyl groups is 3. The lowest BCUT2D eigenvalue weighted by molar-refractivity contribution is -0.0700. The summed E-state index contributed by atoms with van der Waals surface area (Å²) in [6, 6.07) is 31.7. The van der Waals surface area contributed by atoms with E-state index in [2.05, 4.69) is 62.0 Å². The number of halogens is 3. The van der Waals surface area contributed by atoms with Crippen LogP contribution < -0.4 is 28.9 Å². The minimum atomic E-state index is -5.51. The zero-order chi connectivity index (χ0) is 62.2. The van der Waals surface area contributed by atoms with Gasteiger partial charge in [0.2, 0.25) is 30.1 Å². The molecule has 3 aliphatic carbocycles. The number of phenols is 3. The third-order valence-electron chi connectivity index (χ3n) is 15.8. The molecule has 0 heterocycles. The molecule has 464 valence electrons. The first-order valence-corrected chi connectivity index (χ1v) is 37.0. The van der Waals surface area contributed by atoms with Crippen LogP contribution in [-0.4, -0.2) is 75.9 Å². The average molecular weight is 1450 g/mol. The highest BCUT2D eigenvalue weighted by molar-refractivity contribution is 9.11. The Morgan fingerprint density at radius 1 is 0.419 bits per heavy atom. The van der Waals surface area contributed by atoms with Crippen molar-refractivity contribution in [1.82, 2.24) is 14.2 Å². The molecule has 0 amide bonds. The Morgan fingerprint density at radius 2 is 0.640 bits per heavy atom. The van der Waals surface area contributed by atoms with Crippen LogP contribution >= 0.6 is 55.6 Å². The minimum absolute atomic E-state index is 0.0174. The largest absolute Gasteiger partial charge is 0.506 e. The molecule has 26 heteroatoms. The Kier molecular flexibility index (Phi) is 20.0. The summed E-state index contributed by atoms with van der Waals surface area (Å²) in [5, 5.41) is 36.0. The summed E-state index contributed by atoms with van der Waals surface area (Å²) in [7, 11) is -17.4. The van der Waals surface area contributed by atoms with E-state index in [0.29, 0.717) is 69.0 Å². The van der Waals surface area contributed by atoms with E-state index in [0.717, 1.165) is 0 Å². The molecule has 0 spiro atoms. The van der Waals surface area contributed by atoms with Gasteiger partial charge in [-0.1, -0.05) is 89.3 Å². The van der Waals surface area contributed by atoms with Crippen molar-refractivity contribution in [3.05, 3.63) is 141 Å². The second kappa shape index (κ2) is 26.1. The Morgan fingerprint density at radius 3 is 0.837 bits per heavy atom. The van der Waals surface area contributed by atoms with E-state index in [4.69, 9.17) is 13.6 Å². The number of nitrogens with one attached hydrogen (secondary N) is 3. The molecule has 0 saturated heterocycles. The normalized spacial score (nSPS) is 15.4. The molecular formula is C60H72Br3N6O13PS3. The summed E-state index contributed by atoms with van der Waals surface area (Å²) in [4.78, 5) is 4.81. The van der Waals surface area contributed by atoms with Crippen LogP contribution in [-0.2, 0) is 48.2 Å². The smallest absolute Gasteiger partial charge is 0.481 e. The van der Waals surface area contributed by atoms with Crippen molar-refractivity contribution < 1.29 is 58.7 Å². The Bertz CT molecular complexity index is 3420. The van der Waals surface area contributed by atoms with Gasteiger partial charge < -0.3 is 30.0 Å². The van der Waals surface area contributed by atoms with Crippen LogP contribution in [0, 0.1) is 0 Å². The highest BCUT2D eigenvalue weighted by Crippen LogP contribution is 2.65. The van der Waals surface area contributed by atoms with Gasteiger partial charge in [0.15, 0.2) is 17.2 Å². The Hall–Kier alpha value is -4.60. The van der Waals surface area contributed by atoms with Crippen molar-refractivity contribution in [2.75, 3.05) is 14.7 Å². The molecule has 9 rings (SSSR count). The van der Waals surface area contributed by atoms with Gasteiger partial charge in [-0.05, 0) is 204 Å². The van der Waals surface area contributed by atoms with E-state index in [1.807, 2.05) is 0 Å². The maximum absolute atomic E-state index is 17.8. The predicted octanol–water partition coefficient (Wildman–Crippen LogP) is 14.9. The van der Waals surface area contributed by atoms with Gasteiger partial charge in [0.05, 0.1) is 31.7 Å². The topological polar surface area (TPSA) is 254 Å². The number of nitrogens with zero attached hydrogens (tertiary/aromatic N) is 3. The van der Waals surface area contributed by atoms with E-state index >= 15 is 4.57 Å². The number of sulfonamides is 3. The third kappa shape index (κ3) is 14.4. The molecule has 0 aliphatic heterocycles. The highest BCUT2D eigenvalue weighted by atomic mass is 79.9. The second-order valence-electron chi connectivity index (χ2n) is 21.8. The second-order valence-corrected chi connectivity index (χ2v) is 31.1. The fourth-order valence-electron chi connectivity index (χ4n) is 10.5. The molecular weight excluding hydrogens is 1380 g/mol. The average Bonchev–Trinajstić information content (AvgIpc) is 1.09. The van der Waals surface area contributed by atoms with E-state index in [9.17, 15) is 40.6 Å². The first-order chi connectivity index (χ1) is 40.7. The third-order valence-corrected chi connectivity index (χ3v) is 23.6. The van der Waals surface area contributed by atoms with Gasteiger partial charge in [-0.3, -0.25) is 13.6 Å².